The van der Waals surface area contributed by atoms with E-state index in [2.05, 4.69) is 114 Å². The molecule has 0 radical (unpaired) electrons. The molecule has 0 aliphatic carbocycles. The third kappa shape index (κ3) is 7.09. The first-order chi connectivity index (χ1) is 20.5. The van der Waals surface area contributed by atoms with Crippen LogP contribution in [0.5, 0.6) is 0 Å². The Hall–Kier alpha value is -2.68. The van der Waals surface area contributed by atoms with Crippen LogP contribution in [0, 0.1) is 0 Å². The average molecular weight is 567 g/mol. The molecule has 4 rings (SSSR count). The summed E-state index contributed by atoms with van der Waals surface area (Å²) in [5.41, 5.74) is 6.05. The summed E-state index contributed by atoms with van der Waals surface area (Å²) in [5.74, 6) is 0. The van der Waals surface area contributed by atoms with Crippen molar-refractivity contribution in [2.75, 3.05) is 39.3 Å². The number of fused-ring (bicyclic) bond motifs is 2. The Morgan fingerprint density at radius 3 is 1.00 bits per heavy atom. The van der Waals surface area contributed by atoms with Crippen molar-refractivity contribution in [3.05, 3.63) is 83.9 Å². The highest BCUT2D eigenvalue weighted by molar-refractivity contribution is 6.07. The van der Waals surface area contributed by atoms with Crippen LogP contribution in [0.25, 0.3) is 32.7 Å². The Labute approximate surface area is 257 Å². The molecule has 42 heavy (non-hydrogen) atoms. The Morgan fingerprint density at radius 2 is 0.690 bits per heavy atom. The Balaban J connectivity index is 2.05. The summed E-state index contributed by atoms with van der Waals surface area (Å²) < 4.78 is 2.38. The first-order valence-electron chi connectivity index (χ1n) is 17.2. The lowest BCUT2D eigenvalue weighted by Gasteiger charge is -2.40. The standard InChI is InChI=1S/C40H58N2/c1-7-25-41(26-8-2,27-9-3)31-35-23-21-33-17-13-15-19-37(33)39(35)40-36(24-22-34-18-14-16-20-38(34)40)32-42(28-10-4,29-11-5)30-12-6/h13-24H,7-12,25-32H2,1-6H3/q+2. The van der Waals surface area contributed by atoms with E-state index in [9.17, 15) is 0 Å². The maximum Gasteiger partial charge on any atom is 0.105 e. The van der Waals surface area contributed by atoms with Crippen LogP contribution in [0.15, 0.2) is 72.8 Å². The molecule has 0 aromatic heterocycles. The summed E-state index contributed by atoms with van der Waals surface area (Å²) in [6.07, 6.45) is 7.38. The Morgan fingerprint density at radius 1 is 0.381 bits per heavy atom. The van der Waals surface area contributed by atoms with Gasteiger partial charge in [0.15, 0.2) is 0 Å². The molecular formula is C40H58N2+2. The second-order valence-electron chi connectivity index (χ2n) is 13.0. The van der Waals surface area contributed by atoms with Gasteiger partial charge in [-0.1, -0.05) is 114 Å². The van der Waals surface area contributed by atoms with Gasteiger partial charge in [-0.15, -0.1) is 0 Å². The number of hydrogen-bond acceptors (Lipinski definition) is 0. The van der Waals surface area contributed by atoms with Crippen LogP contribution in [0.1, 0.15) is 91.2 Å². The fourth-order valence-electron chi connectivity index (χ4n) is 8.20. The molecule has 0 unspecified atom stereocenters. The maximum atomic E-state index is 2.49. The highest BCUT2D eigenvalue weighted by Crippen LogP contribution is 2.41. The van der Waals surface area contributed by atoms with Crippen LogP contribution in [0.3, 0.4) is 0 Å². The second kappa shape index (κ2) is 15.2. The largest absolute Gasteiger partial charge is 0.320 e. The molecule has 2 heteroatoms. The van der Waals surface area contributed by atoms with Crippen LogP contribution in [-0.4, -0.2) is 48.2 Å². The lowest BCUT2D eigenvalue weighted by atomic mass is 9.86. The molecule has 4 aromatic rings. The van der Waals surface area contributed by atoms with Crippen molar-refractivity contribution in [1.29, 1.82) is 0 Å². The smallest absolute Gasteiger partial charge is 0.105 e. The average Bonchev–Trinajstić information content (AvgIpc) is 2.98. The fraction of sp³-hybridized carbons (Fsp3) is 0.500. The van der Waals surface area contributed by atoms with Gasteiger partial charge in [-0.05, 0) is 71.2 Å². The van der Waals surface area contributed by atoms with E-state index in [4.69, 9.17) is 0 Å². The quantitative estimate of drug-likeness (QED) is 0.112. The lowest BCUT2D eigenvalue weighted by Crippen LogP contribution is -2.49. The molecule has 0 N–H and O–H groups in total. The zero-order valence-corrected chi connectivity index (χ0v) is 27.7. The highest BCUT2D eigenvalue weighted by Gasteiger charge is 2.31. The van der Waals surface area contributed by atoms with Crippen LogP contribution in [0.2, 0.25) is 0 Å². The number of hydrogen-bond donors (Lipinski definition) is 0. The molecular weight excluding hydrogens is 508 g/mol. The van der Waals surface area contributed by atoms with E-state index in [0.29, 0.717) is 0 Å². The van der Waals surface area contributed by atoms with Gasteiger partial charge in [0.25, 0.3) is 0 Å². The lowest BCUT2D eigenvalue weighted by molar-refractivity contribution is -0.941. The topological polar surface area (TPSA) is 0 Å². The normalized spacial score (nSPS) is 12.4. The van der Waals surface area contributed by atoms with Crippen LogP contribution < -0.4 is 0 Å². The summed E-state index contributed by atoms with van der Waals surface area (Å²) in [6, 6.07) is 28.1. The fourth-order valence-corrected chi connectivity index (χ4v) is 8.20. The minimum atomic E-state index is 1.11. The number of nitrogens with zero attached hydrogens (tertiary/aromatic N) is 2. The van der Waals surface area contributed by atoms with E-state index >= 15 is 0 Å². The van der Waals surface area contributed by atoms with Gasteiger partial charge in [0, 0.05) is 11.1 Å². The van der Waals surface area contributed by atoms with Gasteiger partial charge < -0.3 is 8.97 Å². The van der Waals surface area contributed by atoms with Crippen molar-refractivity contribution >= 4 is 21.5 Å². The predicted octanol–water partition coefficient (Wildman–Crippen LogP) is 10.8. The molecule has 0 fully saturated rings. The Bertz CT molecular complexity index is 1270. The van der Waals surface area contributed by atoms with Crippen molar-refractivity contribution in [3.63, 3.8) is 0 Å². The zero-order chi connectivity index (χ0) is 30.0. The van der Waals surface area contributed by atoms with Gasteiger partial charge in [-0.25, -0.2) is 0 Å². The summed E-state index contributed by atoms with van der Waals surface area (Å²) in [6.45, 7) is 23.9. The number of benzene rings is 4. The molecule has 0 spiro atoms. The molecule has 226 valence electrons. The predicted molar refractivity (Wildman–Crippen MR) is 186 cm³/mol. The minimum Gasteiger partial charge on any atom is -0.320 e. The van der Waals surface area contributed by atoms with Crippen molar-refractivity contribution in [2.24, 2.45) is 0 Å². The molecule has 0 bridgehead atoms. The summed E-state index contributed by atoms with van der Waals surface area (Å²) in [7, 11) is 0. The summed E-state index contributed by atoms with van der Waals surface area (Å²) in [4.78, 5) is 0. The SMILES string of the molecule is CCC[N+](CCC)(CCC)Cc1ccc2ccccc2c1-c1c(C[N+](CCC)(CCC)CCC)ccc2ccccc12. The van der Waals surface area contributed by atoms with Gasteiger partial charge in [-0.2, -0.15) is 0 Å². The van der Waals surface area contributed by atoms with E-state index in [1.54, 1.807) is 0 Å². The highest BCUT2D eigenvalue weighted by atomic mass is 15.4. The molecule has 2 nitrogen and oxygen atoms in total. The maximum absolute atomic E-state index is 2.49. The second-order valence-corrected chi connectivity index (χ2v) is 13.0. The van der Waals surface area contributed by atoms with Crippen molar-refractivity contribution < 1.29 is 8.97 Å². The van der Waals surface area contributed by atoms with Gasteiger partial charge in [0.2, 0.25) is 0 Å². The molecule has 0 saturated carbocycles. The first kappa shape index (κ1) is 32.2. The first-order valence-corrected chi connectivity index (χ1v) is 17.2. The number of rotatable bonds is 17. The van der Waals surface area contributed by atoms with Gasteiger partial charge in [0.1, 0.15) is 13.1 Å². The van der Waals surface area contributed by atoms with E-state index in [1.165, 1.54) is 131 Å². The third-order valence-electron chi connectivity index (χ3n) is 9.48. The van der Waals surface area contributed by atoms with Crippen molar-refractivity contribution in [2.45, 2.75) is 93.2 Å². The van der Waals surface area contributed by atoms with E-state index in [0.717, 1.165) is 13.1 Å². The molecule has 4 aromatic carbocycles. The van der Waals surface area contributed by atoms with E-state index in [1.807, 2.05) is 0 Å². The monoisotopic (exact) mass is 566 g/mol. The molecule has 0 amide bonds. The Kier molecular flexibility index (Phi) is 11.6. The van der Waals surface area contributed by atoms with Crippen molar-refractivity contribution in [1.82, 2.24) is 0 Å². The molecule has 0 aliphatic rings. The summed E-state index contributed by atoms with van der Waals surface area (Å²) in [5, 5.41) is 5.53. The van der Waals surface area contributed by atoms with Gasteiger partial charge in [0.05, 0.1) is 39.3 Å². The molecule has 0 aliphatic heterocycles. The minimum absolute atomic E-state index is 1.11. The van der Waals surface area contributed by atoms with E-state index < -0.39 is 0 Å². The van der Waals surface area contributed by atoms with Crippen LogP contribution in [0.4, 0.5) is 0 Å². The van der Waals surface area contributed by atoms with Gasteiger partial charge in [-0.3, -0.25) is 0 Å². The zero-order valence-electron chi connectivity index (χ0n) is 27.7. The van der Waals surface area contributed by atoms with Crippen LogP contribution >= 0.6 is 0 Å². The third-order valence-corrected chi connectivity index (χ3v) is 9.48. The molecule has 0 atom stereocenters. The van der Waals surface area contributed by atoms with Crippen molar-refractivity contribution in [3.8, 4) is 11.1 Å². The van der Waals surface area contributed by atoms with Crippen LogP contribution in [-0.2, 0) is 13.1 Å². The number of quaternary nitrogens is 2. The molecule has 0 saturated heterocycles. The van der Waals surface area contributed by atoms with E-state index in [-0.39, 0.29) is 0 Å². The summed E-state index contributed by atoms with van der Waals surface area (Å²) >= 11 is 0. The van der Waals surface area contributed by atoms with Gasteiger partial charge >= 0.3 is 0 Å². The molecule has 0 heterocycles.